The lowest BCUT2D eigenvalue weighted by Gasteiger charge is -2.20. The van der Waals surface area contributed by atoms with Crippen molar-refractivity contribution < 1.29 is 17.1 Å². The SMILES string of the molecule is CCc1cc(C#N)ccc1N1CC(CS(=O)(=O)F)CC1=O. The molecule has 1 amide bonds. The summed E-state index contributed by atoms with van der Waals surface area (Å²) in [6, 6.07) is 7.04. The van der Waals surface area contributed by atoms with Gasteiger partial charge in [-0.2, -0.15) is 13.7 Å². The van der Waals surface area contributed by atoms with Crippen LogP contribution in [0.25, 0.3) is 0 Å². The minimum absolute atomic E-state index is 0.0201. The second kappa shape index (κ2) is 5.82. The maximum Gasteiger partial charge on any atom is 0.302 e. The molecule has 112 valence electrons. The van der Waals surface area contributed by atoms with E-state index in [1.165, 1.54) is 4.90 Å². The average molecular weight is 310 g/mol. The molecule has 0 bridgehead atoms. The van der Waals surface area contributed by atoms with Gasteiger partial charge in [-0.05, 0) is 30.2 Å². The monoisotopic (exact) mass is 310 g/mol. The molecule has 5 nitrogen and oxygen atoms in total. The van der Waals surface area contributed by atoms with Gasteiger partial charge in [0, 0.05) is 24.6 Å². The number of carbonyl (C=O) groups is 1. The summed E-state index contributed by atoms with van der Waals surface area (Å²) in [5.41, 5.74) is 2.01. The van der Waals surface area contributed by atoms with Gasteiger partial charge in [-0.25, -0.2) is 0 Å². The summed E-state index contributed by atoms with van der Waals surface area (Å²) in [5, 5.41) is 8.90. The number of halogens is 1. The second-order valence-corrected chi connectivity index (χ2v) is 6.50. The van der Waals surface area contributed by atoms with Gasteiger partial charge in [0.15, 0.2) is 0 Å². The van der Waals surface area contributed by atoms with Gasteiger partial charge in [0.2, 0.25) is 5.91 Å². The Hall–Kier alpha value is -1.94. The van der Waals surface area contributed by atoms with Gasteiger partial charge in [-0.3, -0.25) is 4.79 Å². The van der Waals surface area contributed by atoms with E-state index < -0.39 is 21.9 Å². The number of rotatable bonds is 4. The van der Waals surface area contributed by atoms with Crippen LogP contribution in [0.15, 0.2) is 18.2 Å². The highest BCUT2D eigenvalue weighted by molar-refractivity contribution is 7.86. The molecule has 1 aliphatic heterocycles. The zero-order valence-corrected chi connectivity index (χ0v) is 12.4. The Morgan fingerprint density at radius 3 is 2.76 bits per heavy atom. The highest BCUT2D eigenvalue weighted by Gasteiger charge is 2.34. The van der Waals surface area contributed by atoms with E-state index in [-0.39, 0.29) is 18.9 Å². The van der Waals surface area contributed by atoms with E-state index in [4.69, 9.17) is 5.26 Å². The number of hydrogen-bond donors (Lipinski definition) is 0. The lowest BCUT2D eigenvalue weighted by atomic mass is 10.1. The summed E-state index contributed by atoms with van der Waals surface area (Å²) in [6.45, 7) is 2.09. The summed E-state index contributed by atoms with van der Waals surface area (Å²) in [6.07, 6.45) is 0.660. The quantitative estimate of drug-likeness (QED) is 0.794. The molecule has 1 aromatic carbocycles. The van der Waals surface area contributed by atoms with E-state index in [2.05, 4.69) is 0 Å². The molecule has 0 aliphatic carbocycles. The molecule has 1 unspecified atom stereocenters. The van der Waals surface area contributed by atoms with E-state index in [0.29, 0.717) is 17.7 Å². The first kappa shape index (κ1) is 15.4. The van der Waals surface area contributed by atoms with Crippen molar-refractivity contribution in [1.29, 1.82) is 5.26 Å². The fourth-order valence-corrected chi connectivity index (χ4v) is 3.40. The van der Waals surface area contributed by atoms with Crippen LogP contribution < -0.4 is 4.90 Å². The van der Waals surface area contributed by atoms with Gasteiger partial charge in [-0.1, -0.05) is 6.92 Å². The molecule has 0 radical (unpaired) electrons. The summed E-state index contributed by atoms with van der Waals surface area (Å²) in [4.78, 5) is 13.5. The van der Waals surface area contributed by atoms with E-state index >= 15 is 0 Å². The van der Waals surface area contributed by atoms with Crippen LogP contribution in [0, 0.1) is 17.2 Å². The number of nitrogens with zero attached hydrogens (tertiary/aromatic N) is 2. The van der Waals surface area contributed by atoms with Crippen LogP contribution in [-0.4, -0.2) is 26.6 Å². The van der Waals surface area contributed by atoms with Crippen molar-refractivity contribution in [2.24, 2.45) is 5.92 Å². The van der Waals surface area contributed by atoms with Crippen LogP contribution in [0.4, 0.5) is 9.57 Å². The molecular formula is C14H15FN2O3S. The van der Waals surface area contributed by atoms with Crippen LogP contribution in [0.3, 0.4) is 0 Å². The number of nitriles is 1. The summed E-state index contributed by atoms with van der Waals surface area (Å²) in [7, 11) is -4.58. The first-order valence-corrected chi connectivity index (χ1v) is 8.15. The Balaban J connectivity index is 2.27. The van der Waals surface area contributed by atoms with E-state index in [1.54, 1.807) is 18.2 Å². The third-order valence-corrected chi connectivity index (χ3v) is 4.39. The van der Waals surface area contributed by atoms with Crippen LogP contribution in [0.1, 0.15) is 24.5 Å². The lowest BCUT2D eigenvalue weighted by Crippen LogP contribution is -2.26. The van der Waals surface area contributed by atoms with Crippen LogP contribution in [0.2, 0.25) is 0 Å². The molecule has 0 spiro atoms. The van der Waals surface area contributed by atoms with Crippen molar-refractivity contribution >= 4 is 21.8 Å². The largest absolute Gasteiger partial charge is 0.312 e. The Morgan fingerprint density at radius 1 is 1.48 bits per heavy atom. The number of anilines is 1. The number of benzene rings is 1. The van der Waals surface area contributed by atoms with Crippen molar-refractivity contribution in [3.05, 3.63) is 29.3 Å². The van der Waals surface area contributed by atoms with E-state index in [1.807, 2.05) is 13.0 Å². The van der Waals surface area contributed by atoms with Gasteiger partial charge in [-0.15, -0.1) is 3.89 Å². The average Bonchev–Trinajstić information content (AvgIpc) is 2.76. The van der Waals surface area contributed by atoms with Crippen molar-refractivity contribution in [2.75, 3.05) is 17.2 Å². The first-order chi connectivity index (χ1) is 9.84. The minimum Gasteiger partial charge on any atom is -0.312 e. The van der Waals surface area contributed by atoms with Crippen molar-refractivity contribution in [1.82, 2.24) is 0 Å². The molecule has 1 fully saturated rings. The number of hydrogen-bond acceptors (Lipinski definition) is 4. The normalized spacial score (nSPS) is 18.8. The van der Waals surface area contributed by atoms with Gasteiger partial charge in [0.05, 0.1) is 17.4 Å². The summed E-state index contributed by atoms with van der Waals surface area (Å²) < 4.78 is 34.2. The molecule has 0 saturated carbocycles. The van der Waals surface area contributed by atoms with Gasteiger partial charge >= 0.3 is 10.2 Å². The van der Waals surface area contributed by atoms with Crippen molar-refractivity contribution in [2.45, 2.75) is 19.8 Å². The molecule has 7 heteroatoms. The molecule has 2 rings (SSSR count). The smallest absolute Gasteiger partial charge is 0.302 e. The molecule has 0 N–H and O–H groups in total. The second-order valence-electron chi connectivity index (χ2n) is 5.09. The Labute approximate surface area is 123 Å². The highest BCUT2D eigenvalue weighted by Crippen LogP contribution is 2.30. The predicted molar refractivity (Wildman–Crippen MR) is 75.9 cm³/mol. The maximum atomic E-state index is 12.7. The van der Waals surface area contributed by atoms with Crippen molar-refractivity contribution in [3.8, 4) is 6.07 Å². The van der Waals surface area contributed by atoms with Crippen LogP contribution in [-0.2, 0) is 21.4 Å². The topological polar surface area (TPSA) is 78.2 Å². The zero-order valence-electron chi connectivity index (χ0n) is 11.5. The van der Waals surface area contributed by atoms with Crippen LogP contribution in [0.5, 0.6) is 0 Å². The molecular weight excluding hydrogens is 295 g/mol. The molecule has 1 saturated heterocycles. The molecule has 1 atom stereocenters. The third kappa shape index (κ3) is 3.58. The number of aryl methyl sites for hydroxylation is 1. The van der Waals surface area contributed by atoms with E-state index in [0.717, 1.165) is 5.56 Å². The predicted octanol–water partition coefficient (Wildman–Crippen LogP) is 1.77. The Kier molecular flexibility index (Phi) is 4.28. The zero-order chi connectivity index (χ0) is 15.6. The van der Waals surface area contributed by atoms with Gasteiger partial charge in [0.25, 0.3) is 0 Å². The number of carbonyl (C=O) groups excluding carboxylic acids is 1. The number of amides is 1. The Bertz CT molecular complexity index is 709. The van der Waals surface area contributed by atoms with Gasteiger partial charge < -0.3 is 4.90 Å². The molecule has 1 aliphatic rings. The molecule has 0 aromatic heterocycles. The Morgan fingerprint density at radius 2 is 2.19 bits per heavy atom. The highest BCUT2D eigenvalue weighted by atomic mass is 32.3. The third-order valence-electron chi connectivity index (χ3n) is 3.52. The first-order valence-electron chi connectivity index (χ1n) is 6.59. The van der Waals surface area contributed by atoms with Gasteiger partial charge in [0.1, 0.15) is 0 Å². The van der Waals surface area contributed by atoms with Crippen molar-refractivity contribution in [3.63, 3.8) is 0 Å². The summed E-state index contributed by atoms with van der Waals surface area (Å²) in [5.74, 6) is -1.39. The fourth-order valence-electron chi connectivity index (χ4n) is 2.61. The standard InChI is InChI=1S/C14H15FN2O3S/c1-2-12-5-10(7-16)3-4-13(12)17-8-11(6-14(17)18)9-21(15,19)20/h3-5,11H,2,6,8-9H2,1H3. The molecule has 1 aromatic rings. The fraction of sp³-hybridized carbons (Fsp3) is 0.429. The maximum absolute atomic E-state index is 12.7. The minimum atomic E-state index is -4.58. The lowest BCUT2D eigenvalue weighted by molar-refractivity contribution is -0.117. The molecule has 1 heterocycles. The van der Waals surface area contributed by atoms with Crippen LogP contribution >= 0.6 is 0 Å². The molecule has 21 heavy (non-hydrogen) atoms. The van der Waals surface area contributed by atoms with E-state index in [9.17, 15) is 17.1 Å². The summed E-state index contributed by atoms with van der Waals surface area (Å²) >= 11 is 0.